The van der Waals surface area contributed by atoms with E-state index in [1.54, 1.807) is 20.8 Å². The summed E-state index contributed by atoms with van der Waals surface area (Å²) in [5.41, 5.74) is -0.109. The predicted molar refractivity (Wildman–Crippen MR) is 167 cm³/mol. The van der Waals surface area contributed by atoms with Crippen LogP contribution >= 0.6 is 0 Å². The fourth-order valence-corrected chi connectivity index (χ4v) is 7.55. The van der Waals surface area contributed by atoms with Crippen molar-refractivity contribution in [2.24, 2.45) is 5.41 Å². The van der Waals surface area contributed by atoms with E-state index in [-0.39, 0.29) is 34.8 Å². The highest BCUT2D eigenvalue weighted by molar-refractivity contribution is 7.87. The Labute approximate surface area is 273 Å². The summed E-state index contributed by atoms with van der Waals surface area (Å²) in [7, 11) is -3.51. The average molecular weight is 685 g/mol. The second-order valence-electron chi connectivity index (χ2n) is 12.8. The van der Waals surface area contributed by atoms with Crippen LogP contribution in [0.4, 0.5) is 19.0 Å². The summed E-state index contributed by atoms with van der Waals surface area (Å²) >= 11 is 0. The maximum Gasteiger partial charge on any atom is 0.282 e. The largest absolute Gasteiger partial charge is 0.434 e. The van der Waals surface area contributed by atoms with Crippen LogP contribution < -0.4 is 19.1 Å². The molecule has 0 aliphatic carbocycles. The number of rotatable bonds is 13. The van der Waals surface area contributed by atoms with Gasteiger partial charge in [0.25, 0.3) is 28.4 Å². The minimum absolute atomic E-state index is 0.0327. The van der Waals surface area contributed by atoms with Crippen molar-refractivity contribution in [2.45, 2.75) is 71.1 Å². The lowest BCUT2D eigenvalue weighted by molar-refractivity contribution is -0.0299. The maximum absolute atomic E-state index is 14.2. The Kier molecular flexibility index (Phi) is 11.2. The number of piperidine rings is 1. The lowest BCUT2D eigenvalue weighted by Crippen LogP contribution is -2.61. The van der Waals surface area contributed by atoms with E-state index in [1.165, 1.54) is 12.4 Å². The van der Waals surface area contributed by atoms with Crippen molar-refractivity contribution in [3.63, 3.8) is 0 Å². The molecule has 5 rings (SSSR count). The number of anilines is 1. The van der Waals surface area contributed by atoms with Crippen LogP contribution in [0.5, 0.6) is 11.6 Å². The summed E-state index contributed by atoms with van der Waals surface area (Å²) in [6.45, 7) is 8.86. The number of alkyl halides is 2. The minimum atomic E-state index is -3.51. The molecule has 2 atom stereocenters. The first kappa shape index (κ1) is 35.2. The molecule has 3 fully saturated rings. The van der Waals surface area contributed by atoms with Gasteiger partial charge in [-0.2, -0.15) is 13.1 Å². The third-order valence-corrected chi connectivity index (χ3v) is 10.2. The molecule has 260 valence electrons. The molecular weight excluding hydrogens is 641 g/mol. The van der Waals surface area contributed by atoms with Crippen LogP contribution in [0.2, 0.25) is 0 Å². The standard InChI is InChI=1S/C30H43F3N8O5S/c1-4-36-47(43,44)38-22-6-7-23(45-16-22)14-39-11-9-30(10-12-39)17-40(18-30)27-28(37-35-19-34-27)46-25-8-5-21(31)13-24(25)29(42)41(20(2)3)15-26(32)33/h5,8,13,19-20,22-23,26,36,38H,4,6-7,9-12,14-18H2,1-3H3/t22-,23+/m1/s1. The van der Waals surface area contributed by atoms with Gasteiger partial charge in [0.05, 0.1) is 24.8 Å². The van der Waals surface area contributed by atoms with Gasteiger partial charge in [-0.1, -0.05) is 6.92 Å². The summed E-state index contributed by atoms with van der Waals surface area (Å²) < 4.78 is 81.7. The second-order valence-corrected chi connectivity index (χ2v) is 14.3. The Hall–Kier alpha value is -3.12. The normalized spacial score (nSPS) is 21.7. The first-order chi connectivity index (χ1) is 22.4. The SMILES string of the molecule is CCNS(=O)(=O)N[C@@H]1CC[C@@H](CN2CCC3(CC2)CN(c2ncnnc2Oc2ccc(F)cc2C(=O)N(CC(F)F)C(C)C)C3)OC1. The number of halogens is 3. The summed E-state index contributed by atoms with van der Waals surface area (Å²) in [5.74, 6) is -1.06. The van der Waals surface area contributed by atoms with Gasteiger partial charge in [0.15, 0.2) is 5.82 Å². The molecular formula is C30H43F3N8O5S. The number of hydrogen-bond donors (Lipinski definition) is 2. The van der Waals surface area contributed by atoms with Crippen LogP contribution in [0.3, 0.4) is 0 Å². The van der Waals surface area contributed by atoms with Crippen molar-refractivity contribution < 1.29 is 35.9 Å². The molecule has 3 aliphatic rings. The Morgan fingerprint density at radius 2 is 1.96 bits per heavy atom. The minimum Gasteiger partial charge on any atom is -0.434 e. The summed E-state index contributed by atoms with van der Waals surface area (Å²) in [6, 6.07) is 2.58. The van der Waals surface area contributed by atoms with Gasteiger partial charge in [0, 0.05) is 43.7 Å². The van der Waals surface area contributed by atoms with Crippen LogP contribution in [-0.4, -0.2) is 116 Å². The lowest BCUT2D eigenvalue weighted by Gasteiger charge is -2.54. The number of hydrogen-bond acceptors (Lipinski definition) is 10. The lowest BCUT2D eigenvalue weighted by atomic mass is 9.72. The molecule has 0 bridgehead atoms. The number of likely N-dealkylation sites (tertiary alicyclic amines) is 1. The number of amides is 1. The zero-order valence-electron chi connectivity index (χ0n) is 26.9. The van der Waals surface area contributed by atoms with E-state index in [1.807, 2.05) is 4.90 Å². The molecule has 2 N–H and O–H groups in total. The maximum atomic E-state index is 14.2. The smallest absolute Gasteiger partial charge is 0.282 e. The summed E-state index contributed by atoms with van der Waals surface area (Å²) in [5, 5.41) is 7.93. The van der Waals surface area contributed by atoms with Crippen molar-refractivity contribution in [3.05, 3.63) is 35.9 Å². The first-order valence-electron chi connectivity index (χ1n) is 16.0. The highest BCUT2D eigenvalue weighted by Crippen LogP contribution is 2.44. The average Bonchev–Trinajstić information content (AvgIpc) is 3.00. The highest BCUT2D eigenvalue weighted by atomic mass is 32.2. The zero-order valence-corrected chi connectivity index (χ0v) is 27.7. The molecule has 1 aromatic carbocycles. The fraction of sp³-hybridized carbons (Fsp3) is 0.667. The number of carbonyl (C=O) groups is 1. The number of aromatic nitrogens is 3. The van der Waals surface area contributed by atoms with E-state index in [4.69, 9.17) is 9.47 Å². The monoisotopic (exact) mass is 684 g/mol. The summed E-state index contributed by atoms with van der Waals surface area (Å²) in [6.07, 6.45) is 2.05. The highest BCUT2D eigenvalue weighted by Gasteiger charge is 2.46. The van der Waals surface area contributed by atoms with E-state index in [0.29, 0.717) is 32.1 Å². The van der Waals surface area contributed by atoms with Gasteiger partial charge in [-0.25, -0.2) is 22.9 Å². The van der Waals surface area contributed by atoms with Crippen LogP contribution in [0.25, 0.3) is 0 Å². The number of nitrogens with one attached hydrogen (secondary N) is 2. The molecule has 1 spiro atoms. The van der Waals surface area contributed by atoms with Gasteiger partial charge < -0.3 is 24.2 Å². The number of carbonyl (C=O) groups excluding carboxylic acids is 1. The van der Waals surface area contributed by atoms with E-state index < -0.39 is 40.9 Å². The Balaban J connectivity index is 1.16. The van der Waals surface area contributed by atoms with E-state index in [2.05, 4.69) is 29.5 Å². The van der Waals surface area contributed by atoms with Gasteiger partial charge in [-0.05, 0) is 70.8 Å². The molecule has 3 aliphatic heterocycles. The van der Waals surface area contributed by atoms with Crippen LogP contribution in [-0.2, 0) is 14.9 Å². The molecule has 0 saturated carbocycles. The molecule has 1 aromatic heterocycles. The van der Waals surface area contributed by atoms with Crippen molar-refractivity contribution in [1.29, 1.82) is 0 Å². The molecule has 4 heterocycles. The predicted octanol–water partition coefficient (Wildman–Crippen LogP) is 2.81. The zero-order chi connectivity index (χ0) is 33.8. The van der Waals surface area contributed by atoms with E-state index in [9.17, 15) is 26.4 Å². The van der Waals surface area contributed by atoms with Crippen LogP contribution in [0, 0.1) is 11.2 Å². The van der Waals surface area contributed by atoms with Crippen LogP contribution in [0.15, 0.2) is 24.5 Å². The van der Waals surface area contributed by atoms with Gasteiger partial charge >= 0.3 is 0 Å². The number of benzene rings is 1. The Bertz CT molecular complexity index is 1480. The third kappa shape index (κ3) is 8.87. The molecule has 0 unspecified atom stereocenters. The number of ether oxygens (including phenoxy) is 2. The molecule has 1 amide bonds. The van der Waals surface area contributed by atoms with Gasteiger partial charge in [-0.3, -0.25) is 4.79 Å². The van der Waals surface area contributed by atoms with Gasteiger partial charge in [-0.15, -0.1) is 10.2 Å². The molecule has 0 radical (unpaired) electrons. The van der Waals surface area contributed by atoms with Crippen molar-refractivity contribution in [3.8, 4) is 11.6 Å². The van der Waals surface area contributed by atoms with Gasteiger partial charge in [0.1, 0.15) is 17.9 Å². The fourth-order valence-electron chi connectivity index (χ4n) is 6.46. The molecule has 47 heavy (non-hydrogen) atoms. The Morgan fingerprint density at radius 1 is 1.21 bits per heavy atom. The first-order valence-corrected chi connectivity index (χ1v) is 17.5. The Morgan fingerprint density at radius 3 is 2.60 bits per heavy atom. The molecule has 2 aromatic rings. The van der Waals surface area contributed by atoms with Crippen molar-refractivity contribution in [2.75, 3.05) is 57.3 Å². The van der Waals surface area contributed by atoms with Crippen molar-refractivity contribution in [1.82, 2.24) is 34.4 Å². The van der Waals surface area contributed by atoms with Crippen molar-refractivity contribution >= 4 is 21.9 Å². The van der Waals surface area contributed by atoms with Crippen LogP contribution in [0.1, 0.15) is 56.8 Å². The van der Waals surface area contributed by atoms with Gasteiger partial charge in [0.2, 0.25) is 0 Å². The molecule has 3 saturated heterocycles. The topological polar surface area (TPSA) is 142 Å². The molecule has 17 heteroatoms. The van der Waals surface area contributed by atoms with E-state index >= 15 is 0 Å². The third-order valence-electron chi connectivity index (χ3n) is 8.93. The summed E-state index contributed by atoms with van der Waals surface area (Å²) in [4.78, 5) is 23.0. The van der Waals surface area contributed by atoms with E-state index in [0.717, 1.165) is 62.4 Å². The molecule has 13 nitrogen and oxygen atoms in total. The second kappa shape index (κ2) is 15.0. The number of nitrogens with zero attached hydrogens (tertiary/aromatic N) is 6. The quantitative estimate of drug-likeness (QED) is 0.324.